The quantitative estimate of drug-likeness (QED) is 0.895. The maximum atomic E-state index is 3.81. The molecule has 0 spiro atoms. The van der Waals surface area contributed by atoms with Crippen molar-refractivity contribution in [3.8, 4) is 0 Å². The number of hydrogen-bond acceptors (Lipinski definition) is 3. The summed E-state index contributed by atoms with van der Waals surface area (Å²) in [6.07, 6.45) is 4.63. The Morgan fingerprint density at radius 1 is 1.16 bits per heavy atom. The second-order valence-electron chi connectivity index (χ2n) is 6.07. The average Bonchev–Trinajstić information content (AvgIpc) is 2.80. The number of anilines is 1. The van der Waals surface area contributed by atoms with Crippen LogP contribution in [0.5, 0.6) is 0 Å². The molecule has 0 atom stereocenters. The molecule has 1 aromatic carbocycles. The zero-order chi connectivity index (χ0) is 13.7. The van der Waals surface area contributed by atoms with Crippen molar-refractivity contribution in [3.63, 3.8) is 0 Å². The van der Waals surface area contributed by atoms with Crippen LogP contribution in [0.1, 0.15) is 32.8 Å². The summed E-state index contributed by atoms with van der Waals surface area (Å²) in [7, 11) is 0. The first-order valence-electron chi connectivity index (χ1n) is 6.68. The normalized spacial score (nSPS) is 11.5. The Morgan fingerprint density at radius 3 is 2.58 bits per heavy atom. The Kier molecular flexibility index (Phi) is 4.20. The van der Waals surface area contributed by atoms with Gasteiger partial charge in [0, 0.05) is 12.2 Å². The van der Waals surface area contributed by atoms with Crippen molar-refractivity contribution in [2.45, 2.75) is 33.7 Å². The topological polar surface area (TPSA) is 42.7 Å². The van der Waals surface area contributed by atoms with E-state index < -0.39 is 0 Å². The smallest absolute Gasteiger partial charge is 0.119 e. The van der Waals surface area contributed by atoms with E-state index in [1.54, 1.807) is 12.7 Å². The Hall–Kier alpha value is -1.84. The molecule has 4 heteroatoms. The molecule has 0 amide bonds. The van der Waals surface area contributed by atoms with Gasteiger partial charge < -0.3 is 9.88 Å². The van der Waals surface area contributed by atoms with E-state index >= 15 is 0 Å². The van der Waals surface area contributed by atoms with Gasteiger partial charge in [0.2, 0.25) is 0 Å². The predicted octanol–water partition coefficient (Wildman–Crippen LogP) is 3.17. The van der Waals surface area contributed by atoms with Crippen LogP contribution in [0.3, 0.4) is 0 Å². The Balaban J connectivity index is 1.92. The predicted molar refractivity (Wildman–Crippen MR) is 78.1 cm³/mol. The van der Waals surface area contributed by atoms with Gasteiger partial charge in [-0.25, -0.2) is 0 Å². The van der Waals surface area contributed by atoms with Crippen molar-refractivity contribution >= 4 is 5.69 Å². The molecule has 1 aromatic heterocycles. The Labute approximate surface area is 114 Å². The fourth-order valence-electron chi connectivity index (χ4n) is 1.88. The highest BCUT2D eigenvalue weighted by Crippen LogP contribution is 2.19. The summed E-state index contributed by atoms with van der Waals surface area (Å²) in [6.45, 7) is 8.59. The Morgan fingerprint density at radius 2 is 1.89 bits per heavy atom. The minimum Gasteiger partial charge on any atom is -0.385 e. The fourth-order valence-corrected chi connectivity index (χ4v) is 1.88. The van der Waals surface area contributed by atoms with Crippen LogP contribution in [0.2, 0.25) is 0 Å². The number of benzene rings is 1. The van der Waals surface area contributed by atoms with Crippen LogP contribution in [-0.2, 0) is 6.54 Å². The highest BCUT2D eigenvalue weighted by molar-refractivity contribution is 5.45. The van der Waals surface area contributed by atoms with Gasteiger partial charge in [-0.15, -0.1) is 10.2 Å². The SMILES string of the molecule is CC(C)(C)CCNc1cccc(Cn2cnnc2)c1. The van der Waals surface area contributed by atoms with E-state index in [0.29, 0.717) is 5.41 Å². The Bertz CT molecular complexity index is 497. The van der Waals surface area contributed by atoms with Gasteiger partial charge in [0.25, 0.3) is 0 Å². The molecule has 0 aliphatic carbocycles. The van der Waals surface area contributed by atoms with Crippen LogP contribution < -0.4 is 5.32 Å². The van der Waals surface area contributed by atoms with Gasteiger partial charge in [0.1, 0.15) is 12.7 Å². The number of nitrogens with zero attached hydrogens (tertiary/aromatic N) is 3. The van der Waals surface area contributed by atoms with E-state index in [-0.39, 0.29) is 0 Å². The lowest BCUT2D eigenvalue weighted by Crippen LogP contribution is -2.12. The molecule has 0 radical (unpaired) electrons. The third kappa shape index (κ3) is 4.73. The second-order valence-corrected chi connectivity index (χ2v) is 6.07. The number of nitrogens with one attached hydrogen (secondary N) is 1. The summed E-state index contributed by atoms with van der Waals surface area (Å²) >= 11 is 0. The molecular weight excluding hydrogens is 236 g/mol. The van der Waals surface area contributed by atoms with Gasteiger partial charge in [-0.05, 0) is 29.5 Å². The average molecular weight is 258 g/mol. The highest BCUT2D eigenvalue weighted by Gasteiger charge is 2.08. The third-order valence-electron chi connectivity index (χ3n) is 2.96. The monoisotopic (exact) mass is 258 g/mol. The molecule has 1 heterocycles. The first-order valence-corrected chi connectivity index (χ1v) is 6.68. The molecule has 0 fully saturated rings. The fraction of sp³-hybridized carbons (Fsp3) is 0.467. The van der Waals surface area contributed by atoms with Crippen LogP contribution in [0, 0.1) is 5.41 Å². The summed E-state index contributed by atoms with van der Waals surface area (Å²) in [4.78, 5) is 0. The first kappa shape index (κ1) is 13.6. The molecule has 4 nitrogen and oxygen atoms in total. The van der Waals surface area contributed by atoms with Crippen LogP contribution in [0.4, 0.5) is 5.69 Å². The lowest BCUT2D eigenvalue weighted by Gasteiger charge is -2.18. The van der Waals surface area contributed by atoms with Crippen molar-refractivity contribution in [1.82, 2.24) is 14.8 Å². The number of rotatable bonds is 5. The third-order valence-corrected chi connectivity index (χ3v) is 2.96. The van der Waals surface area contributed by atoms with Crippen molar-refractivity contribution in [2.75, 3.05) is 11.9 Å². The van der Waals surface area contributed by atoms with Crippen LogP contribution in [-0.4, -0.2) is 21.3 Å². The van der Waals surface area contributed by atoms with Crippen LogP contribution in [0.25, 0.3) is 0 Å². The zero-order valence-electron chi connectivity index (χ0n) is 11.9. The van der Waals surface area contributed by atoms with Crippen LogP contribution >= 0.6 is 0 Å². The minimum atomic E-state index is 0.368. The number of hydrogen-bond donors (Lipinski definition) is 1. The standard InChI is InChI=1S/C15H22N4/c1-15(2,3)7-8-16-14-6-4-5-13(9-14)10-19-11-17-18-12-19/h4-6,9,11-12,16H,7-8,10H2,1-3H3. The van der Waals surface area contributed by atoms with Crippen LogP contribution in [0.15, 0.2) is 36.9 Å². The van der Waals surface area contributed by atoms with Gasteiger partial charge in [-0.2, -0.15) is 0 Å². The van der Waals surface area contributed by atoms with E-state index in [1.165, 1.54) is 11.3 Å². The molecular formula is C15H22N4. The maximum Gasteiger partial charge on any atom is 0.119 e. The van der Waals surface area contributed by atoms with Crippen molar-refractivity contribution in [2.24, 2.45) is 5.41 Å². The molecule has 0 bridgehead atoms. The van der Waals surface area contributed by atoms with E-state index in [9.17, 15) is 0 Å². The van der Waals surface area contributed by atoms with E-state index in [4.69, 9.17) is 0 Å². The number of aromatic nitrogens is 3. The summed E-state index contributed by atoms with van der Waals surface area (Å²) in [6, 6.07) is 8.50. The van der Waals surface area contributed by atoms with E-state index in [2.05, 4.69) is 60.6 Å². The minimum absolute atomic E-state index is 0.368. The van der Waals surface area contributed by atoms with E-state index in [1.807, 2.05) is 4.57 Å². The van der Waals surface area contributed by atoms with Gasteiger partial charge in [0.05, 0.1) is 6.54 Å². The largest absolute Gasteiger partial charge is 0.385 e. The molecule has 0 saturated carbocycles. The van der Waals surface area contributed by atoms with E-state index in [0.717, 1.165) is 19.5 Å². The molecule has 19 heavy (non-hydrogen) atoms. The van der Waals surface area contributed by atoms with Gasteiger partial charge in [0.15, 0.2) is 0 Å². The van der Waals surface area contributed by atoms with Gasteiger partial charge in [-0.1, -0.05) is 32.9 Å². The highest BCUT2D eigenvalue weighted by atomic mass is 15.2. The van der Waals surface area contributed by atoms with Crippen molar-refractivity contribution in [3.05, 3.63) is 42.5 Å². The lowest BCUT2D eigenvalue weighted by molar-refractivity contribution is 0.390. The molecule has 0 saturated heterocycles. The summed E-state index contributed by atoms with van der Waals surface area (Å²) < 4.78 is 1.97. The second kappa shape index (κ2) is 5.87. The summed E-state index contributed by atoms with van der Waals surface area (Å²) in [5.41, 5.74) is 2.79. The first-order chi connectivity index (χ1) is 9.03. The molecule has 0 aliphatic rings. The molecule has 2 aromatic rings. The maximum absolute atomic E-state index is 3.81. The molecule has 102 valence electrons. The molecule has 2 rings (SSSR count). The molecule has 0 aliphatic heterocycles. The molecule has 1 N–H and O–H groups in total. The van der Waals surface area contributed by atoms with Gasteiger partial charge >= 0.3 is 0 Å². The lowest BCUT2D eigenvalue weighted by atomic mass is 9.92. The van der Waals surface area contributed by atoms with Gasteiger partial charge in [-0.3, -0.25) is 0 Å². The van der Waals surface area contributed by atoms with Crippen molar-refractivity contribution < 1.29 is 0 Å². The van der Waals surface area contributed by atoms with Crippen molar-refractivity contribution in [1.29, 1.82) is 0 Å². The summed E-state index contributed by atoms with van der Waals surface area (Å²) in [5, 5.41) is 11.1. The molecule has 0 unspecified atom stereocenters. The summed E-state index contributed by atoms with van der Waals surface area (Å²) in [5.74, 6) is 0. The zero-order valence-corrected chi connectivity index (χ0v) is 11.9.